The molecule has 19 heavy (non-hydrogen) atoms. The number of aryl methyl sites for hydroxylation is 1. The summed E-state index contributed by atoms with van der Waals surface area (Å²) in [5.41, 5.74) is 2.10. The van der Waals surface area contributed by atoms with Crippen LogP contribution in [0.3, 0.4) is 0 Å². The summed E-state index contributed by atoms with van der Waals surface area (Å²) >= 11 is 4.95. The van der Waals surface area contributed by atoms with Crippen LogP contribution in [0.4, 0.5) is 5.69 Å². The van der Waals surface area contributed by atoms with Crippen LogP contribution in [0, 0.1) is 6.92 Å². The number of anilines is 1. The minimum Gasteiger partial charge on any atom is -0.478 e. The first-order chi connectivity index (χ1) is 8.95. The van der Waals surface area contributed by atoms with Gasteiger partial charge in [0.05, 0.1) is 22.8 Å². The predicted molar refractivity (Wildman–Crippen MR) is 80.1 cm³/mol. The standard InChI is InChI=1S/C13H13BrN2O2S/c1-8-15-11(7-19-8)6-16(2)12-4-9(13(17)18)3-10(14)5-12/h3-5,7H,6H2,1-2H3,(H,17,18). The van der Waals surface area contributed by atoms with Crippen molar-refractivity contribution in [1.29, 1.82) is 0 Å². The molecule has 0 unspecified atom stereocenters. The highest BCUT2D eigenvalue weighted by Crippen LogP contribution is 2.23. The zero-order chi connectivity index (χ0) is 14.0. The van der Waals surface area contributed by atoms with Gasteiger partial charge in [-0.3, -0.25) is 0 Å². The van der Waals surface area contributed by atoms with E-state index < -0.39 is 5.97 Å². The molecule has 0 fully saturated rings. The number of aromatic nitrogens is 1. The number of carbonyl (C=O) groups is 1. The van der Waals surface area contributed by atoms with Crippen molar-refractivity contribution in [2.75, 3.05) is 11.9 Å². The summed E-state index contributed by atoms with van der Waals surface area (Å²) in [5.74, 6) is -0.930. The van der Waals surface area contributed by atoms with Crippen molar-refractivity contribution < 1.29 is 9.90 Å². The van der Waals surface area contributed by atoms with Gasteiger partial charge in [0.25, 0.3) is 0 Å². The van der Waals surface area contributed by atoms with Crippen molar-refractivity contribution in [3.8, 4) is 0 Å². The van der Waals surface area contributed by atoms with Crippen LogP contribution in [-0.2, 0) is 6.54 Å². The predicted octanol–water partition coefficient (Wildman–Crippen LogP) is 3.55. The fourth-order valence-corrected chi connectivity index (χ4v) is 2.82. The quantitative estimate of drug-likeness (QED) is 0.924. The summed E-state index contributed by atoms with van der Waals surface area (Å²) < 4.78 is 0.753. The largest absolute Gasteiger partial charge is 0.478 e. The van der Waals surface area contributed by atoms with Gasteiger partial charge < -0.3 is 10.0 Å². The molecule has 1 heterocycles. The zero-order valence-electron chi connectivity index (χ0n) is 10.6. The molecule has 0 bridgehead atoms. The number of hydrogen-bond donors (Lipinski definition) is 1. The normalized spacial score (nSPS) is 10.5. The Balaban J connectivity index is 2.23. The number of benzene rings is 1. The minimum atomic E-state index is -0.930. The Bertz CT molecular complexity index is 612. The van der Waals surface area contributed by atoms with E-state index in [1.54, 1.807) is 23.5 Å². The van der Waals surface area contributed by atoms with E-state index in [0.29, 0.717) is 6.54 Å². The average Bonchev–Trinajstić information content (AvgIpc) is 2.73. The Labute approximate surface area is 123 Å². The molecule has 100 valence electrons. The molecule has 1 aromatic carbocycles. The Morgan fingerprint density at radius 3 is 2.79 bits per heavy atom. The van der Waals surface area contributed by atoms with E-state index >= 15 is 0 Å². The highest BCUT2D eigenvalue weighted by Gasteiger charge is 2.10. The number of aromatic carboxylic acids is 1. The van der Waals surface area contributed by atoms with Gasteiger partial charge >= 0.3 is 5.97 Å². The third-order valence-electron chi connectivity index (χ3n) is 2.64. The van der Waals surface area contributed by atoms with Gasteiger partial charge in [0, 0.05) is 22.6 Å². The van der Waals surface area contributed by atoms with E-state index in [1.165, 1.54) is 0 Å². The second kappa shape index (κ2) is 5.71. The maximum atomic E-state index is 11.0. The second-order valence-corrected chi connectivity index (χ2v) is 6.20. The van der Waals surface area contributed by atoms with E-state index in [4.69, 9.17) is 5.11 Å². The van der Waals surface area contributed by atoms with Crippen molar-refractivity contribution in [1.82, 2.24) is 4.98 Å². The third-order valence-corrected chi connectivity index (χ3v) is 3.92. The van der Waals surface area contributed by atoms with Crippen LogP contribution in [0.2, 0.25) is 0 Å². The SMILES string of the molecule is Cc1nc(CN(C)c2cc(Br)cc(C(=O)O)c2)cs1. The summed E-state index contributed by atoms with van der Waals surface area (Å²) in [6.45, 7) is 2.62. The summed E-state index contributed by atoms with van der Waals surface area (Å²) in [7, 11) is 1.92. The lowest BCUT2D eigenvalue weighted by atomic mass is 10.2. The number of carboxylic acids is 1. The molecule has 2 aromatic rings. The number of rotatable bonds is 4. The van der Waals surface area contributed by atoms with Crippen LogP contribution in [0.5, 0.6) is 0 Å². The number of hydrogen-bond acceptors (Lipinski definition) is 4. The van der Waals surface area contributed by atoms with Crippen LogP contribution in [0.1, 0.15) is 21.1 Å². The number of halogens is 1. The first kappa shape index (κ1) is 14.0. The van der Waals surface area contributed by atoms with E-state index in [-0.39, 0.29) is 5.56 Å². The lowest BCUT2D eigenvalue weighted by molar-refractivity contribution is 0.0697. The molecule has 0 radical (unpaired) electrons. The molecule has 4 nitrogen and oxygen atoms in total. The monoisotopic (exact) mass is 340 g/mol. The molecule has 0 saturated carbocycles. The van der Waals surface area contributed by atoms with Crippen LogP contribution in [0.15, 0.2) is 28.1 Å². The van der Waals surface area contributed by atoms with E-state index in [2.05, 4.69) is 20.9 Å². The zero-order valence-corrected chi connectivity index (χ0v) is 13.0. The van der Waals surface area contributed by atoms with E-state index in [0.717, 1.165) is 20.9 Å². The van der Waals surface area contributed by atoms with Gasteiger partial charge in [-0.05, 0) is 25.1 Å². The Kier molecular flexibility index (Phi) is 4.21. The van der Waals surface area contributed by atoms with Crippen LogP contribution in [-0.4, -0.2) is 23.1 Å². The average molecular weight is 341 g/mol. The Hall–Kier alpha value is -1.40. The summed E-state index contributed by atoms with van der Waals surface area (Å²) in [4.78, 5) is 17.4. The smallest absolute Gasteiger partial charge is 0.335 e. The van der Waals surface area contributed by atoms with Gasteiger partial charge in [-0.2, -0.15) is 0 Å². The first-order valence-electron chi connectivity index (χ1n) is 5.62. The number of thiazole rings is 1. The van der Waals surface area contributed by atoms with Crippen molar-refractivity contribution in [2.24, 2.45) is 0 Å². The highest BCUT2D eigenvalue weighted by atomic mass is 79.9. The molecule has 2 rings (SSSR count). The van der Waals surface area contributed by atoms with Gasteiger partial charge in [0.2, 0.25) is 0 Å². The van der Waals surface area contributed by atoms with Crippen molar-refractivity contribution >= 4 is 38.9 Å². The third kappa shape index (κ3) is 3.54. The van der Waals surface area contributed by atoms with E-state index in [9.17, 15) is 4.79 Å². The molecule has 6 heteroatoms. The van der Waals surface area contributed by atoms with Crippen molar-refractivity contribution in [3.05, 3.63) is 44.3 Å². The Morgan fingerprint density at radius 1 is 1.47 bits per heavy atom. The van der Waals surface area contributed by atoms with Crippen LogP contribution in [0.25, 0.3) is 0 Å². The first-order valence-corrected chi connectivity index (χ1v) is 7.29. The van der Waals surface area contributed by atoms with E-state index in [1.807, 2.05) is 30.3 Å². The molecule has 1 aromatic heterocycles. The summed E-state index contributed by atoms with van der Waals surface area (Å²) in [6.07, 6.45) is 0. The van der Waals surface area contributed by atoms with Crippen LogP contribution >= 0.6 is 27.3 Å². The van der Waals surface area contributed by atoms with Gasteiger partial charge in [-0.25, -0.2) is 9.78 Å². The maximum absolute atomic E-state index is 11.0. The van der Waals surface area contributed by atoms with Gasteiger partial charge in [0.1, 0.15) is 0 Å². The van der Waals surface area contributed by atoms with Crippen molar-refractivity contribution in [3.63, 3.8) is 0 Å². The summed E-state index contributed by atoms with van der Waals surface area (Å²) in [5, 5.41) is 12.1. The highest BCUT2D eigenvalue weighted by molar-refractivity contribution is 9.10. The van der Waals surface area contributed by atoms with Crippen LogP contribution < -0.4 is 4.90 Å². The molecule has 1 N–H and O–H groups in total. The number of nitrogens with zero attached hydrogens (tertiary/aromatic N) is 2. The molecule has 0 aliphatic carbocycles. The molecule has 0 amide bonds. The fourth-order valence-electron chi connectivity index (χ4n) is 1.73. The molecular weight excluding hydrogens is 328 g/mol. The minimum absolute atomic E-state index is 0.269. The maximum Gasteiger partial charge on any atom is 0.335 e. The molecular formula is C13H13BrN2O2S. The summed E-state index contributed by atoms with van der Waals surface area (Å²) in [6, 6.07) is 5.14. The molecule has 0 saturated heterocycles. The molecule has 0 aliphatic rings. The lowest BCUT2D eigenvalue weighted by Gasteiger charge is -2.19. The fraction of sp³-hybridized carbons (Fsp3) is 0.231. The molecule has 0 aliphatic heterocycles. The number of carboxylic acid groups (broad SMARTS) is 1. The van der Waals surface area contributed by atoms with Crippen molar-refractivity contribution in [2.45, 2.75) is 13.5 Å². The van der Waals surface area contributed by atoms with Gasteiger partial charge in [-0.15, -0.1) is 11.3 Å². The lowest BCUT2D eigenvalue weighted by Crippen LogP contribution is -2.17. The topological polar surface area (TPSA) is 53.4 Å². The molecule has 0 atom stereocenters. The van der Waals surface area contributed by atoms with Gasteiger partial charge in [-0.1, -0.05) is 15.9 Å². The van der Waals surface area contributed by atoms with Gasteiger partial charge in [0.15, 0.2) is 0 Å². The molecule has 0 spiro atoms. The second-order valence-electron chi connectivity index (χ2n) is 4.22. The Morgan fingerprint density at radius 2 is 2.21 bits per heavy atom.